The molecule has 3 rings (SSSR count). The molecule has 0 aromatic carbocycles. The van der Waals surface area contributed by atoms with E-state index < -0.39 is 0 Å². The fourth-order valence-electron chi connectivity index (χ4n) is 1.99. The minimum absolute atomic E-state index is 0.763. The molecule has 1 saturated heterocycles. The van der Waals surface area contributed by atoms with Crippen LogP contribution >= 0.6 is 11.3 Å². The predicted octanol–water partition coefficient (Wildman–Crippen LogP) is 1.23. The fraction of sp³-hybridized carbons (Fsp3) is 0.750. The second-order valence-corrected chi connectivity index (χ2v) is 5.72. The molecule has 2 fully saturated rings. The number of morpholine rings is 1. The molecule has 1 aliphatic heterocycles. The molecule has 1 saturated carbocycles. The first kappa shape index (κ1) is 11.6. The van der Waals surface area contributed by atoms with E-state index in [1.807, 2.05) is 0 Å². The Labute approximate surface area is 106 Å². The van der Waals surface area contributed by atoms with Gasteiger partial charge in [0, 0.05) is 31.1 Å². The van der Waals surface area contributed by atoms with Gasteiger partial charge in [-0.2, -0.15) is 0 Å². The maximum atomic E-state index is 5.35. The first-order valence-electron chi connectivity index (χ1n) is 6.37. The SMILES string of the molecule is c1sc(CN2CCOCC2)nc1CNC1CC1. The monoisotopic (exact) mass is 253 g/mol. The van der Waals surface area contributed by atoms with Crippen molar-refractivity contribution in [1.82, 2.24) is 15.2 Å². The number of nitrogens with zero attached hydrogens (tertiary/aromatic N) is 2. The zero-order valence-corrected chi connectivity index (χ0v) is 10.8. The van der Waals surface area contributed by atoms with Gasteiger partial charge in [-0.05, 0) is 12.8 Å². The number of hydrogen-bond acceptors (Lipinski definition) is 5. The molecule has 1 aromatic heterocycles. The van der Waals surface area contributed by atoms with Gasteiger partial charge in [0.15, 0.2) is 0 Å². The van der Waals surface area contributed by atoms with Gasteiger partial charge < -0.3 is 10.1 Å². The van der Waals surface area contributed by atoms with E-state index in [1.54, 1.807) is 11.3 Å². The van der Waals surface area contributed by atoms with Gasteiger partial charge in [0.2, 0.25) is 0 Å². The fourth-order valence-corrected chi connectivity index (χ4v) is 2.82. The summed E-state index contributed by atoms with van der Waals surface area (Å²) < 4.78 is 5.35. The van der Waals surface area contributed by atoms with Crippen LogP contribution in [0.1, 0.15) is 23.5 Å². The third kappa shape index (κ3) is 3.48. The van der Waals surface area contributed by atoms with Gasteiger partial charge in [-0.15, -0.1) is 11.3 Å². The lowest BCUT2D eigenvalue weighted by Crippen LogP contribution is -2.35. The molecule has 5 heteroatoms. The molecule has 0 atom stereocenters. The summed E-state index contributed by atoms with van der Waals surface area (Å²) in [4.78, 5) is 7.09. The molecule has 0 amide bonds. The minimum atomic E-state index is 0.763. The number of rotatable bonds is 5. The van der Waals surface area contributed by atoms with Gasteiger partial charge in [0.25, 0.3) is 0 Å². The van der Waals surface area contributed by atoms with Crippen LogP contribution in [-0.4, -0.2) is 42.2 Å². The van der Waals surface area contributed by atoms with Crippen LogP contribution in [0.4, 0.5) is 0 Å². The normalized spacial score (nSPS) is 21.9. The van der Waals surface area contributed by atoms with Crippen LogP contribution in [0.3, 0.4) is 0 Å². The summed E-state index contributed by atoms with van der Waals surface area (Å²) >= 11 is 1.78. The Bertz CT molecular complexity index is 358. The predicted molar refractivity (Wildman–Crippen MR) is 68.1 cm³/mol. The van der Waals surface area contributed by atoms with Crippen LogP contribution in [0, 0.1) is 0 Å². The quantitative estimate of drug-likeness (QED) is 0.856. The summed E-state index contributed by atoms with van der Waals surface area (Å²) in [5.74, 6) is 0. The first-order valence-corrected chi connectivity index (χ1v) is 7.25. The lowest BCUT2D eigenvalue weighted by atomic mass is 10.4. The Balaban J connectivity index is 1.48. The molecule has 0 spiro atoms. The summed E-state index contributed by atoms with van der Waals surface area (Å²) in [5.41, 5.74) is 1.20. The van der Waals surface area contributed by atoms with Crippen molar-refractivity contribution in [1.29, 1.82) is 0 Å². The van der Waals surface area contributed by atoms with E-state index in [9.17, 15) is 0 Å². The maximum Gasteiger partial charge on any atom is 0.107 e. The molecular weight excluding hydrogens is 234 g/mol. The Morgan fingerprint density at radius 1 is 1.41 bits per heavy atom. The average molecular weight is 253 g/mol. The summed E-state index contributed by atoms with van der Waals surface area (Å²) in [6.07, 6.45) is 2.68. The van der Waals surface area contributed by atoms with Crippen LogP contribution in [0.2, 0.25) is 0 Å². The van der Waals surface area contributed by atoms with Crippen molar-refractivity contribution in [2.75, 3.05) is 26.3 Å². The molecule has 94 valence electrons. The van der Waals surface area contributed by atoms with Crippen LogP contribution < -0.4 is 5.32 Å². The maximum absolute atomic E-state index is 5.35. The molecule has 1 aliphatic carbocycles. The lowest BCUT2D eigenvalue weighted by Gasteiger charge is -2.25. The number of hydrogen-bond donors (Lipinski definition) is 1. The number of nitrogens with one attached hydrogen (secondary N) is 1. The molecule has 2 aliphatic rings. The largest absolute Gasteiger partial charge is 0.379 e. The van der Waals surface area contributed by atoms with Crippen molar-refractivity contribution in [2.45, 2.75) is 32.0 Å². The van der Waals surface area contributed by atoms with Crippen molar-refractivity contribution in [3.8, 4) is 0 Å². The highest BCUT2D eigenvalue weighted by Crippen LogP contribution is 2.20. The van der Waals surface area contributed by atoms with Gasteiger partial charge in [0.05, 0.1) is 25.5 Å². The number of aromatic nitrogens is 1. The lowest BCUT2D eigenvalue weighted by molar-refractivity contribution is 0.0341. The van der Waals surface area contributed by atoms with Gasteiger partial charge in [-0.1, -0.05) is 0 Å². The topological polar surface area (TPSA) is 37.4 Å². The molecule has 17 heavy (non-hydrogen) atoms. The zero-order valence-electron chi connectivity index (χ0n) is 10.0. The smallest absolute Gasteiger partial charge is 0.107 e. The van der Waals surface area contributed by atoms with Crippen molar-refractivity contribution in [3.05, 3.63) is 16.1 Å². The Morgan fingerprint density at radius 3 is 3.00 bits per heavy atom. The number of thiazole rings is 1. The van der Waals surface area contributed by atoms with E-state index in [0.717, 1.165) is 45.4 Å². The van der Waals surface area contributed by atoms with Gasteiger partial charge in [-0.3, -0.25) is 4.90 Å². The molecule has 0 bridgehead atoms. The average Bonchev–Trinajstić information content (AvgIpc) is 3.09. The first-order chi connectivity index (χ1) is 8.40. The van der Waals surface area contributed by atoms with Crippen molar-refractivity contribution in [3.63, 3.8) is 0 Å². The highest BCUT2D eigenvalue weighted by atomic mass is 32.1. The molecule has 2 heterocycles. The summed E-state index contributed by atoms with van der Waals surface area (Å²) in [6.45, 7) is 5.72. The highest BCUT2D eigenvalue weighted by Gasteiger charge is 2.20. The van der Waals surface area contributed by atoms with Crippen LogP contribution in [0.5, 0.6) is 0 Å². The second-order valence-electron chi connectivity index (χ2n) is 4.78. The summed E-state index contributed by atoms with van der Waals surface area (Å²) in [5, 5.41) is 6.92. The molecule has 0 unspecified atom stereocenters. The van der Waals surface area contributed by atoms with E-state index in [1.165, 1.54) is 23.5 Å². The molecule has 1 N–H and O–H groups in total. The van der Waals surface area contributed by atoms with E-state index >= 15 is 0 Å². The Hall–Kier alpha value is -0.490. The van der Waals surface area contributed by atoms with E-state index in [0.29, 0.717) is 0 Å². The number of ether oxygens (including phenoxy) is 1. The Kier molecular flexibility index (Phi) is 3.71. The van der Waals surface area contributed by atoms with Gasteiger partial charge in [-0.25, -0.2) is 4.98 Å². The second kappa shape index (κ2) is 5.44. The zero-order chi connectivity index (χ0) is 11.5. The summed E-state index contributed by atoms with van der Waals surface area (Å²) in [6, 6.07) is 0.763. The molecular formula is C12H19N3OS. The van der Waals surface area contributed by atoms with Crippen LogP contribution in [0.25, 0.3) is 0 Å². The van der Waals surface area contributed by atoms with Crippen LogP contribution in [0.15, 0.2) is 5.38 Å². The minimum Gasteiger partial charge on any atom is -0.379 e. The van der Waals surface area contributed by atoms with E-state index in [4.69, 9.17) is 4.74 Å². The van der Waals surface area contributed by atoms with E-state index in [2.05, 4.69) is 20.6 Å². The van der Waals surface area contributed by atoms with Crippen molar-refractivity contribution >= 4 is 11.3 Å². The third-order valence-corrected chi connectivity index (χ3v) is 4.09. The van der Waals surface area contributed by atoms with Crippen molar-refractivity contribution in [2.24, 2.45) is 0 Å². The summed E-state index contributed by atoms with van der Waals surface area (Å²) in [7, 11) is 0. The highest BCUT2D eigenvalue weighted by molar-refractivity contribution is 7.09. The van der Waals surface area contributed by atoms with Crippen LogP contribution in [-0.2, 0) is 17.8 Å². The van der Waals surface area contributed by atoms with E-state index in [-0.39, 0.29) is 0 Å². The standard InChI is InChI=1S/C12H19N3OS/c1-2-10(1)13-7-11-9-17-12(14-11)8-15-3-5-16-6-4-15/h9-10,13H,1-8H2. The molecule has 1 aromatic rings. The van der Waals surface area contributed by atoms with Gasteiger partial charge in [0.1, 0.15) is 5.01 Å². The van der Waals surface area contributed by atoms with Gasteiger partial charge >= 0.3 is 0 Å². The van der Waals surface area contributed by atoms with Crippen molar-refractivity contribution < 1.29 is 4.74 Å². The third-order valence-electron chi connectivity index (χ3n) is 3.21. The molecule has 4 nitrogen and oxygen atoms in total. The molecule has 0 radical (unpaired) electrons. The Morgan fingerprint density at radius 2 is 2.24 bits per heavy atom.